The first-order valence-electron chi connectivity index (χ1n) is 3.46. The smallest absolute Gasteiger partial charge is 0.343 e. The van der Waals surface area contributed by atoms with Gasteiger partial charge in [-0.3, -0.25) is 5.10 Å². The van der Waals surface area contributed by atoms with E-state index in [0.29, 0.717) is 11.3 Å². The van der Waals surface area contributed by atoms with Crippen LogP contribution in [-0.2, 0) is 0 Å². The second kappa shape index (κ2) is 2.70. The first kappa shape index (κ1) is 7.47. The third-order valence-electron chi connectivity index (χ3n) is 1.56. The van der Waals surface area contributed by atoms with E-state index in [2.05, 4.69) is 20.4 Å². The van der Waals surface area contributed by atoms with Crippen molar-refractivity contribution in [3.8, 4) is 11.3 Å². The van der Waals surface area contributed by atoms with Crippen LogP contribution < -0.4 is 0 Å². The number of aromatic nitrogens is 4. The van der Waals surface area contributed by atoms with E-state index >= 15 is 0 Å². The standard InChI is InChI=1S/C6H5N5O2/c12-11(13)6-1-5(9-10-6)4-2-7-8-3-4/h1-3H,(H,7,8)(H,9,10). The van der Waals surface area contributed by atoms with Crippen LogP contribution in [-0.4, -0.2) is 25.3 Å². The van der Waals surface area contributed by atoms with E-state index in [1.807, 2.05) is 0 Å². The van der Waals surface area contributed by atoms with Crippen molar-refractivity contribution in [2.45, 2.75) is 0 Å². The Morgan fingerprint density at radius 3 is 2.92 bits per heavy atom. The Hall–Kier alpha value is -2.18. The molecule has 0 atom stereocenters. The highest BCUT2D eigenvalue weighted by Gasteiger charge is 2.11. The number of nitrogens with zero attached hydrogens (tertiary/aromatic N) is 3. The molecule has 0 aliphatic carbocycles. The molecule has 0 fully saturated rings. The lowest BCUT2D eigenvalue weighted by Gasteiger charge is -1.84. The molecule has 7 nitrogen and oxygen atoms in total. The van der Waals surface area contributed by atoms with Gasteiger partial charge >= 0.3 is 5.82 Å². The van der Waals surface area contributed by atoms with E-state index in [4.69, 9.17) is 0 Å². The molecule has 0 aliphatic rings. The molecule has 2 heterocycles. The maximum atomic E-state index is 10.3. The summed E-state index contributed by atoms with van der Waals surface area (Å²) in [5.74, 6) is -0.129. The van der Waals surface area contributed by atoms with Crippen molar-refractivity contribution < 1.29 is 4.92 Å². The van der Waals surface area contributed by atoms with Crippen LogP contribution in [0.1, 0.15) is 0 Å². The molecule has 7 heteroatoms. The van der Waals surface area contributed by atoms with Gasteiger partial charge in [0.2, 0.25) is 0 Å². The fourth-order valence-electron chi connectivity index (χ4n) is 0.944. The summed E-state index contributed by atoms with van der Waals surface area (Å²) in [6.45, 7) is 0. The molecule has 0 aromatic carbocycles. The van der Waals surface area contributed by atoms with Gasteiger partial charge in [0.05, 0.1) is 12.3 Å². The predicted molar refractivity (Wildman–Crippen MR) is 42.8 cm³/mol. The number of aromatic amines is 2. The van der Waals surface area contributed by atoms with Crippen LogP contribution in [0.25, 0.3) is 11.3 Å². The SMILES string of the molecule is O=[N+]([O-])c1cc(-c2cn[nH]c2)n[nH]1. The Morgan fingerprint density at radius 1 is 1.54 bits per heavy atom. The molecule has 0 spiro atoms. The van der Waals surface area contributed by atoms with Crippen molar-refractivity contribution in [3.05, 3.63) is 28.6 Å². The Labute approximate surface area is 71.9 Å². The van der Waals surface area contributed by atoms with E-state index in [1.165, 1.54) is 6.07 Å². The molecular formula is C6H5N5O2. The Bertz CT molecular complexity index is 418. The van der Waals surface area contributed by atoms with E-state index in [0.717, 1.165) is 0 Å². The van der Waals surface area contributed by atoms with Crippen molar-refractivity contribution in [3.63, 3.8) is 0 Å². The molecular weight excluding hydrogens is 174 g/mol. The first-order chi connectivity index (χ1) is 6.27. The van der Waals surface area contributed by atoms with Gasteiger partial charge in [-0.05, 0) is 4.92 Å². The number of hydrogen-bond acceptors (Lipinski definition) is 4. The van der Waals surface area contributed by atoms with Crippen LogP contribution in [0.5, 0.6) is 0 Å². The molecule has 0 bridgehead atoms. The zero-order valence-electron chi connectivity index (χ0n) is 6.39. The molecule has 2 rings (SSSR count). The second-order valence-electron chi connectivity index (χ2n) is 2.38. The molecule has 13 heavy (non-hydrogen) atoms. The van der Waals surface area contributed by atoms with Gasteiger partial charge in [-0.15, -0.1) is 5.10 Å². The summed E-state index contributed by atoms with van der Waals surface area (Å²) in [5, 5.41) is 22.6. The average molecular weight is 179 g/mol. The zero-order valence-corrected chi connectivity index (χ0v) is 6.39. The van der Waals surface area contributed by atoms with Crippen LogP contribution in [0, 0.1) is 10.1 Å². The lowest BCUT2D eigenvalue weighted by Crippen LogP contribution is -1.86. The van der Waals surface area contributed by atoms with E-state index < -0.39 is 4.92 Å². The maximum absolute atomic E-state index is 10.3. The summed E-state index contributed by atoms with van der Waals surface area (Å²) in [6.07, 6.45) is 3.15. The number of nitrogens with one attached hydrogen (secondary N) is 2. The lowest BCUT2D eigenvalue weighted by molar-refractivity contribution is -0.389. The van der Waals surface area contributed by atoms with Gasteiger partial charge in [-0.1, -0.05) is 5.10 Å². The summed E-state index contributed by atoms with van der Waals surface area (Å²) in [6, 6.07) is 1.35. The molecule has 0 aliphatic heterocycles. The van der Waals surface area contributed by atoms with Crippen LogP contribution in [0.15, 0.2) is 18.5 Å². The number of nitro groups is 1. The molecule has 0 saturated carbocycles. The third-order valence-corrected chi connectivity index (χ3v) is 1.56. The van der Waals surface area contributed by atoms with Crippen LogP contribution in [0.3, 0.4) is 0 Å². The molecule has 2 aromatic heterocycles. The molecule has 2 aromatic rings. The highest BCUT2D eigenvalue weighted by Crippen LogP contribution is 2.18. The van der Waals surface area contributed by atoms with Gasteiger partial charge in [0.15, 0.2) is 0 Å². The Balaban J connectivity index is 2.39. The van der Waals surface area contributed by atoms with Crippen molar-refractivity contribution in [1.29, 1.82) is 0 Å². The van der Waals surface area contributed by atoms with E-state index in [9.17, 15) is 10.1 Å². The highest BCUT2D eigenvalue weighted by molar-refractivity contribution is 5.58. The summed E-state index contributed by atoms with van der Waals surface area (Å²) in [4.78, 5) is 9.76. The van der Waals surface area contributed by atoms with Crippen molar-refractivity contribution in [2.75, 3.05) is 0 Å². The first-order valence-corrected chi connectivity index (χ1v) is 3.46. The normalized spacial score (nSPS) is 10.2. The Morgan fingerprint density at radius 2 is 2.38 bits per heavy atom. The van der Waals surface area contributed by atoms with Crippen molar-refractivity contribution >= 4 is 5.82 Å². The zero-order chi connectivity index (χ0) is 9.26. The second-order valence-corrected chi connectivity index (χ2v) is 2.38. The summed E-state index contributed by atoms with van der Waals surface area (Å²) in [5.41, 5.74) is 1.21. The molecule has 0 unspecified atom stereocenters. The van der Waals surface area contributed by atoms with Gasteiger partial charge in [0, 0.05) is 11.8 Å². The maximum Gasteiger partial charge on any atom is 0.343 e. The van der Waals surface area contributed by atoms with Crippen LogP contribution >= 0.6 is 0 Å². The van der Waals surface area contributed by atoms with Gasteiger partial charge in [-0.25, -0.2) is 0 Å². The van der Waals surface area contributed by atoms with E-state index in [1.54, 1.807) is 12.4 Å². The molecule has 0 saturated heterocycles. The minimum atomic E-state index is -0.531. The van der Waals surface area contributed by atoms with Crippen molar-refractivity contribution in [2.24, 2.45) is 0 Å². The van der Waals surface area contributed by atoms with Crippen LogP contribution in [0.2, 0.25) is 0 Å². The monoisotopic (exact) mass is 179 g/mol. The molecule has 0 amide bonds. The largest absolute Gasteiger partial charge is 0.358 e. The summed E-state index contributed by atoms with van der Waals surface area (Å²) in [7, 11) is 0. The molecule has 2 N–H and O–H groups in total. The topological polar surface area (TPSA) is 100 Å². The minimum absolute atomic E-state index is 0.129. The third kappa shape index (κ3) is 1.26. The van der Waals surface area contributed by atoms with Gasteiger partial charge < -0.3 is 10.1 Å². The lowest BCUT2D eigenvalue weighted by atomic mass is 10.3. The van der Waals surface area contributed by atoms with Gasteiger partial charge in [-0.2, -0.15) is 5.10 Å². The highest BCUT2D eigenvalue weighted by atomic mass is 16.6. The van der Waals surface area contributed by atoms with Crippen LogP contribution in [0.4, 0.5) is 5.82 Å². The quantitative estimate of drug-likeness (QED) is 0.523. The minimum Gasteiger partial charge on any atom is -0.358 e. The Kier molecular flexibility index (Phi) is 1.55. The molecule has 0 radical (unpaired) electrons. The van der Waals surface area contributed by atoms with Gasteiger partial charge in [0.25, 0.3) is 0 Å². The predicted octanol–water partition coefficient (Wildman–Crippen LogP) is 0.708. The number of rotatable bonds is 2. The summed E-state index contributed by atoms with van der Waals surface area (Å²) >= 11 is 0. The summed E-state index contributed by atoms with van der Waals surface area (Å²) < 4.78 is 0. The number of hydrogen-bond donors (Lipinski definition) is 2. The fourth-order valence-corrected chi connectivity index (χ4v) is 0.944. The molecule has 66 valence electrons. The van der Waals surface area contributed by atoms with E-state index in [-0.39, 0.29) is 5.82 Å². The fraction of sp³-hybridized carbons (Fsp3) is 0. The van der Waals surface area contributed by atoms with Crippen molar-refractivity contribution in [1.82, 2.24) is 20.4 Å². The number of H-pyrrole nitrogens is 2. The van der Waals surface area contributed by atoms with Gasteiger partial charge in [0.1, 0.15) is 5.69 Å². The average Bonchev–Trinajstić information content (AvgIpc) is 2.75.